The molecule has 9 heavy (non-hydrogen) atoms. The molecule has 0 radical (unpaired) electrons. The summed E-state index contributed by atoms with van der Waals surface area (Å²) in [6, 6.07) is 0. The van der Waals surface area contributed by atoms with Gasteiger partial charge in [0.25, 0.3) is 9.74 Å². The Bertz CT molecular complexity index is 151. The summed E-state index contributed by atoms with van der Waals surface area (Å²) in [6.45, 7) is 1.98. The Kier molecular flexibility index (Phi) is 4.36. The monoisotopic (exact) mass is 170 g/mol. The van der Waals surface area contributed by atoms with Gasteiger partial charge in [-0.1, -0.05) is 13.3 Å². The number of hydrogen-bond acceptors (Lipinski definition) is 2. The van der Waals surface area contributed by atoms with Crippen LogP contribution in [-0.2, 0) is 9.74 Å². The van der Waals surface area contributed by atoms with E-state index in [1.165, 1.54) is 0 Å². The second-order valence-electron chi connectivity index (χ2n) is 1.72. The van der Waals surface area contributed by atoms with Crippen molar-refractivity contribution < 1.29 is 13.0 Å². The first-order valence-electron chi connectivity index (χ1n) is 2.78. The summed E-state index contributed by atoms with van der Waals surface area (Å²) in [6.07, 6.45) is 2.44. The summed E-state index contributed by atoms with van der Waals surface area (Å²) in [5.41, 5.74) is 0. The van der Waals surface area contributed by atoms with Crippen LogP contribution in [0.3, 0.4) is 0 Å². The number of unbranched alkanes of at least 4 members (excludes halogenated alkanes) is 1. The van der Waals surface area contributed by atoms with Gasteiger partial charge in [-0.25, -0.2) is 0 Å². The molecular formula is C4H11O3PS. The smallest absolute Gasteiger partial charge is 0.278 e. The van der Waals surface area contributed by atoms with Crippen LogP contribution in [0.2, 0.25) is 0 Å². The largest absolute Gasteiger partial charge is 0.283 e. The zero-order chi connectivity index (χ0) is 7.33. The molecular weight excluding hydrogens is 159 g/mol. The van der Waals surface area contributed by atoms with Crippen molar-refractivity contribution in [3.8, 4) is 0 Å². The normalized spacial score (nSPS) is 13.1. The van der Waals surface area contributed by atoms with E-state index in [0.717, 1.165) is 12.8 Å². The van der Waals surface area contributed by atoms with E-state index in [9.17, 15) is 8.42 Å². The fourth-order valence-electron chi connectivity index (χ4n) is 0.378. The van der Waals surface area contributed by atoms with E-state index in [1.54, 1.807) is 0 Å². The predicted octanol–water partition coefficient (Wildman–Crippen LogP) is 1.27. The van der Waals surface area contributed by atoms with E-state index in [-0.39, 0.29) is 7.78 Å². The van der Waals surface area contributed by atoms with Gasteiger partial charge in [-0.15, -0.1) is 0 Å². The molecule has 0 saturated carbocycles. The van der Waals surface area contributed by atoms with Crippen molar-refractivity contribution in [2.45, 2.75) is 19.8 Å². The molecule has 0 amide bonds. The Labute approximate surface area is 57.1 Å². The van der Waals surface area contributed by atoms with Crippen LogP contribution >= 0.6 is 7.78 Å². The summed E-state index contributed by atoms with van der Waals surface area (Å²) < 4.78 is 28.4. The molecule has 0 spiro atoms. The van der Waals surface area contributed by atoms with Crippen LogP contribution in [0.15, 0.2) is 0 Å². The molecule has 0 aliphatic rings. The molecule has 0 aliphatic heterocycles. The standard InChI is InChI=1S/C4H11O3PS/c1-2-3-4-8-9(5,6)7/h8H,2-4H2,1H3,(H,5,6,7). The number of hydrogen-bond donors (Lipinski definition) is 1. The molecule has 0 rings (SSSR count). The van der Waals surface area contributed by atoms with Crippen LogP contribution < -0.4 is 0 Å². The number of rotatable bonds is 4. The fraction of sp³-hybridized carbons (Fsp3) is 1.00. The maximum absolute atomic E-state index is 10.1. The second-order valence-corrected chi connectivity index (χ2v) is 5.88. The summed E-state index contributed by atoms with van der Waals surface area (Å²) in [5, 5.41) is 0. The Hall–Kier alpha value is 0.340. The van der Waals surface area contributed by atoms with Crippen LogP contribution in [0.4, 0.5) is 0 Å². The average molecular weight is 170 g/mol. The Balaban J connectivity index is 3.30. The maximum Gasteiger partial charge on any atom is 0.278 e. The lowest BCUT2D eigenvalue weighted by Crippen LogP contribution is -1.88. The molecule has 1 unspecified atom stereocenters. The summed E-state index contributed by atoms with van der Waals surface area (Å²) in [7, 11) is -3.99. The SMILES string of the molecule is CCCCPS(=O)(=O)O. The van der Waals surface area contributed by atoms with Crippen LogP contribution in [0, 0.1) is 0 Å². The lowest BCUT2D eigenvalue weighted by molar-refractivity contribution is 0.502. The quantitative estimate of drug-likeness (QED) is 0.392. The Morgan fingerprint density at radius 2 is 2.11 bits per heavy atom. The molecule has 5 heteroatoms. The van der Waals surface area contributed by atoms with Crippen molar-refractivity contribution in [2.24, 2.45) is 0 Å². The minimum absolute atomic E-state index is 0.324. The van der Waals surface area contributed by atoms with E-state index in [1.807, 2.05) is 6.92 Å². The highest BCUT2D eigenvalue weighted by atomic mass is 32.8. The lowest BCUT2D eigenvalue weighted by atomic mass is 10.4. The topological polar surface area (TPSA) is 54.4 Å². The zero-order valence-corrected chi connectivity index (χ0v) is 7.11. The maximum atomic E-state index is 10.1. The molecule has 0 fully saturated rings. The van der Waals surface area contributed by atoms with Crippen LogP contribution in [0.5, 0.6) is 0 Å². The van der Waals surface area contributed by atoms with E-state index < -0.39 is 9.74 Å². The van der Waals surface area contributed by atoms with Gasteiger partial charge < -0.3 is 0 Å². The summed E-state index contributed by atoms with van der Waals surface area (Å²) in [4.78, 5) is 0. The van der Waals surface area contributed by atoms with Gasteiger partial charge in [0.1, 0.15) is 0 Å². The van der Waals surface area contributed by atoms with Crippen molar-refractivity contribution in [3.05, 3.63) is 0 Å². The van der Waals surface area contributed by atoms with Crippen LogP contribution in [0.25, 0.3) is 0 Å². The van der Waals surface area contributed by atoms with Gasteiger partial charge in [0.05, 0.1) is 0 Å². The first kappa shape index (κ1) is 9.34. The molecule has 3 nitrogen and oxygen atoms in total. The van der Waals surface area contributed by atoms with E-state index >= 15 is 0 Å². The highest BCUT2D eigenvalue weighted by molar-refractivity contribution is 8.40. The predicted molar refractivity (Wildman–Crippen MR) is 39.6 cm³/mol. The van der Waals surface area contributed by atoms with E-state index in [2.05, 4.69) is 0 Å². The van der Waals surface area contributed by atoms with Crippen LogP contribution in [0.1, 0.15) is 19.8 Å². The molecule has 56 valence electrons. The third kappa shape index (κ3) is 8.34. The average Bonchev–Trinajstić information content (AvgIpc) is 1.63. The first-order valence-corrected chi connectivity index (χ1v) is 6.15. The molecule has 1 N–H and O–H groups in total. The highest BCUT2D eigenvalue weighted by Crippen LogP contribution is 2.19. The molecule has 0 aromatic heterocycles. The van der Waals surface area contributed by atoms with Crippen molar-refractivity contribution in [2.75, 3.05) is 6.16 Å². The molecule has 0 saturated heterocycles. The fourth-order valence-corrected chi connectivity index (χ4v) is 2.34. The van der Waals surface area contributed by atoms with Gasteiger partial charge in [-0.05, 0) is 12.6 Å². The minimum Gasteiger partial charge on any atom is -0.283 e. The third-order valence-electron chi connectivity index (χ3n) is 0.815. The molecule has 0 aromatic rings. The summed E-state index contributed by atoms with van der Waals surface area (Å²) >= 11 is 0. The van der Waals surface area contributed by atoms with Gasteiger partial charge in [-0.3, -0.25) is 4.55 Å². The van der Waals surface area contributed by atoms with Gasteiger partial charge in [0.15, 0.2) is 0 Å². The lowest BCUT2D eigenvalue weighted by Gasteiger charge is -1.93. The van der Waals surface area contributed by atoms with Gasteiger partial charge >= 0.3 is 0 Å². The van der Waals surface area contributed by atoms with E-state index in [0.29, 0.717) is 6.16 Å². The van der Waals surface area contributed by atoms with Crippen LogP contribution in [-0.4, -0.2) is 19.1 Å². The Morgan fingerprint density at radius 3 is 2.44 bits per heavy atom. The van der Waals surface area contributed by atoms with Crippen molar-refractivity contribution in [3.63, 3.8) is 0 Å². The second kappa shape index (κ2) is 4.20. The highest BCUT2D eigenvalue weighted by Gasteiger charge is 2.00. The molecule has 0 aliphatic carbocycles. The third-order valence-corrected chi connectivity index (χ3v) is 3.44. The molecule has 0 heterocycles. The first-order chi connectivity index (χ1) is 4.06. The Morgan fingerprint density at radius 1 is 1.56 bits per heavy atom. The van der Waals surface area contributed by atoms with Gasteiger partial charge in [0, 0.05) is 7.78 Å². The van der Waals surface area contributed by atoms with Crippen molar-refractivity contribution in [1.82, 2.24) is 0 Å². The van der Waals surface area contributed by atoms with E-state index in [4.69, 9.17) is 4.55 Å². The zero-order valence-electron chi connectivity index (χ0n) is 5.29. The molecule has 0 bridgehead atoms. The van der Waals surface area contributed by atoms with Gasteiger partial charge in [0.2, 0.25) is 0 Å². The van der Waals surface area contributed by atoms with Crippen molar-refractivity contribution >= 4 is 17.5 Å². The molecule has 1 atom stereocenters. The summed E-state index contributed by atoms with van der Waals surface area (Å²) in [5.74, 6) is 0. The molecule has 0 aromatic carbocycles. The minimum atomic E-state index is -3.67. The van der Waals surface area contributed by atoms with Gasteiger partial charge in [-0.2, -0.15) is 8.42 Å². The van der Waals surface area contributed by atoms with Crippen molar-refractivity contribution in [1.29, 1.82) is 0 Å².